The zero-order valence-corrected chi connectivity index (χ0v) is 15.4. The first kappa shape index (κ1) is 17.0. The van der Waals surface area contributed by atoms with Gasteiger partial charge in [-0.2, -0.15) is 0 Å². The lowest BCUT2D eigenvalue weighted by atomic mass is 9.98. The summed E-state index contributed by atoms with van der Waals surface area (Å²) in [6, 6.07) is 8.95. The predicted molar refractivity (Wildman–Crippen MR) is 96.1 cm³/mol. The van der Waals surface area contributed by atoms with Crippen molar-refractivity contribution < 1.29 is 8.42 Å². The van der Waals surface area contributed by atoms with Gasteiger partial charge in [0.2, 0.25) is 0 Å². The van der Waals surface area contributed by atoms with Gasteiger partial charge in [0.25, 0.3) is 0 Å². The molecule has 1 aromatic heterocycles. The highest BCUT2D eigenvalue weighted by Crippen LogP contribution is 2.35. The summed E-state index contributed by atoms with van der Waals surface area (Å²) in [5.41, 5.74) is 1.38. The minimum absolute atomic E-state index is 0.143. The number of benzene rings is 1. The van der Waals surface area contributed by atoms with Crippen molar-refractivity contribution in [3.8, 4) is 0 Å². The maximum atomic E-state index is 12.5. The van der Waals surface area contributed by atoms with E-state index < -0.39 is 9.84 Å². The van der Waals surface area contributed by atoms with Crippen LogP contribution in [0.3, 0.4) is 0 Å². The molecule has 1 unspecified atom stereocenters. The average Bonchev–Trinajstić information content (AvgIpc) is 3.01. The Labute approximate surface area is 146 Å². The highest BCUT2D eigenvalue weighted by Gasteiger charge is 2.28. The van der Waals surface area contributed by atoms with Gasteiger partial charge in [0.15, 0.2) is 9.84 Å². The van der Waals surface area contributed by atoms with Crippen LogP contribution in [-0.4, -0.2) is 32.2 Å². The third-order valence-electron chi connectivity index (χ3n) is 4.41. The van der Waals surface area contributed by atoms with E-state index in [4.69, 9.17) is 11.6 Å². The normalized spacial score (nSPS) is 18.8. The topological polar surface area (TPSA) is 37.4 Å². The molecule has 0 saturated heterocycles. The molecule has 0 amide bonds. The molecule has 2 heterocycles. The number of sulfone groups is 1. The second-order valence-electron chi connectivity index (χ2n) is 5.78. The van der Waals surface area contributed by atoms with Crippen molar-refractivity contribution in [2.75, 3.05) is 18.8 Å². The summed E-state index contributed by atoms with van der Waals surface area (Å²) in [4.78, 5) is 4.11. The molecule has 0 spiro atoms. The van der Waals surface area contributed by atoms with Crippen LogP contribution < -0.4 is 0 Å². The Balaban J connectivity index is 1.71. The predicted octanol–water partition coefficient (Wildman–Crippen LogP) is 4.18. The molecule has 2 aromatic rings. The number of halogens is 1. The van der Waals surface area contributed by atoms with Crippen molar-refractivity contribution in [3.05, 3.63) is 51.2 Å². The van der Waals surface area contributed by atoms with Gasteiger partial charge in [-0.3, -0.25) is 4.90 Å². The van der Waals surface area contributed by atoms with Gasteiger partial charge < -0.3 is 0 Å². The van der Waals surface area contributed by atoms with E-state index in [1.807, 2.05) is 11.3 Å². The van der Waals surface area contributed by atoms with Gasteiger partial charge in [0, 0.05) is 29.0 Å². The molecule has 0 N–H and O–H groups in total. The Hall–Kier alpha value is -0.880. The average molecular weight is 370 g/mol. The van der Waals surface area contributed by atoms with Gasteiger partial charge in [0.1, 0.15) is 0 Å². The van der Waals surface area contributed by atoms with Gasteiger partial charge in [-0.05, 0) is 54.1 Å². The fraction of sp³-hybridized carbons (Fsp3) is 0.412. The first-order valence-corrected chi connectivity index (χ1v) is 10.7. The summed E-state index contributed by atoms with van der Waals surface area (Å²) in [7, 11) is -3.27. The zero-order chi connectivity index (χ0) is 16.4. The van der Waals surface area contributed by atoms with E-state index in [9.17, 15) is 8.42 Å². The van der Waals surface area contributed by atoms with Crippen LogP contribution in [0.2, 0.25) is 5.02 Å². The molecule has 1 aromatic carbocycles. The van der Waals surface area contributed by atoms with E-state index in [0.717, 1.165) is 19.4 Å². The van der Waals surface area contributed by atoms with E-state index in [1.165, 1.54) is 10.4 Å². The number of fused-ring (bicyclic) bond motifs is 1. The smallest absolute Gasteiger partial charge is 0.179 e. The minimum Gasteiger partial charge on any atom is -0.295 e. The standard InChI is InChI=1S/C17H20ClNO2S2/c1-2-16-15-8-11-22-17(15)7-9-19(16)10-12-23(20,21)14-5-3-13(18)4-6-14/h3-6,8,11,16H,2,7,9-10,12H2,1H3. The van der Waals surface area contributed by atoms with Crippen LogP contribution in [0.5, 0.6) is 0 Å². The molecule has 23 heavy (non-hydrogen) atoms. The maximum Gasteiger partial charge on any atom is 0.179 e. The SMILES string of the molecule is CCC1c2ccsc2CCN1CCS(=O)(=O)c1ccc(Cl)cc1. The highest BCUT2D eigenvalue weighted by atomic mass is 35.5. The highest BCUT2D eigenvalue weighted by molar-refractivity contribution is 7.91. The maximum absolute atomic E-state index is 12.5. The van der Waals surface area contributed by atoms with E-state index in [0.29, 0.717) is 22.5 Å². The Morgan fingerprint density at radius 3 is 2.70 bits per heavy atom. The van der Waals surface area contributed by atoms with E-state index in [-0.39, 0.29) is 5.75 Å². The lowest BCUT2D eigenvalue weighted by molar-refractivity contribution is 0.193. The number of rotatable bonds is 5. The fourth-order valence-corrected chi connectivity index (χ4v) is 5.51. The molecule has 0 saturated carbocycles. The van der Waals surface area contributed by atoms with Crippen molar-refractivity contribution in [1.29, 1.82) is 0 Å². The monoisotopic (exact) mass is 369 g/mol. The Morgan fingerprint density at radius 2 is 2.00 bits per heavy atom. The molecule has 0 fully saturated rings. The first-order valence-electron chi connectivity index (χ1n) is 7.80. The van der Waals surface area contributed by atoms with Crippen LogP contribution in [-0.2, 0) is 16.3 Å². The van der Waals surface area contributed by atoms with Gasteiger partial charge in [-0.1, -0.05) is 18.5 Å². The molecule has 1 atom stereocenters. The molecule has 0 bridgehead atoms. The number of hydrogen-bond donors (Lipinski definition) is 0. The molecule has 124 valence electrons. The number of nitrogens with zero attached hydrogens (tertiary/aromatic N) is 1. The Bertz CT molecular complexity index is 768. The third kappa shape index (κ3) is 3.63. The summed E-state index contributed by atoms with van der Waals surface area (Å²) in [5, 5.41) is 2.69. The van der Waals surface area contributed by atoms with Crippen molar-refractivity contribution >= 4 is 32.8 Å². The quantitative estimate of drug-likeness (QED) is 0.793. The first-order chi connectivity index (χ1) is 11.0. The van der Waals surface area contributed by atoms with E-state index in [1.54, 1.807) is 24.3 Å². The molecular formula is C17H20ClNO2S2. The third-order valence-corrected chi connectivity index (χ3v) is 7.37. The summed E-state index contributed by atoms with van der Waals surface area (Å²) in [5.74, 6) is 0.143. The van der Waals surface area contributed by atoms with Gasteiger partial charge in [-0.25, -0.2) is 8.42 Å². The molecule has 0 radical (unpaired) electrons. The van der Waals surface area contributed by atoms with Crippen LogP contribution in [0.25, 0.3) is 0 Å². The molecular weight excluding hydrogens is 350 g/mol. The van der Waals surface area contributed by atoms with Crippen molar-refractivity contribution in [3.63, 3.8) is 0 Å². The summed E-state index contributed by atoms with van der Waals surface area (Å²) in [6.07, 6.45) is 2.02. The lowest BCUT2D eigenvalue weighted by Gasteiger charge is -2.35. The Kier molecular flexibility index (Phi) is 5.11. The van der Waals surface area contributed by atoms with Crippen molar-refractivity contribution in [2.24, 2.45) is 0 Å². The van der Waals surface area contributed by atoms with E-state index in [2.05, 4.69) is 23.3 Å². The Morgan fingerprint density at radius 1 is 1.26 bits per heavy atom. The summed E-state index contributed by atoms with van der Waals surface area (Å²) < 4.78 is 25.0. The van der Waals surface area contributed by atoms with Crippen LogP contribution in [0, 0.1) is 0 Å². The fourth-order valence-electron chi connectivity index (χ4n) is 3.19. The van der Waals surface area contributed by atoms with Crippen LogP contribution in [0.15, 0.2) is 40.6 Å². The lowest BCUT2D eigenvalue weighted by Crippen LogP contribution is -2.37. The zero-order valence-electron chi connectivity index (χ0n) is 13.0. The van der Waals surface area contributed by atoms with Crippen LogP contribution in [0.4, 0.5) is 0 Å². The molecule has 3 rings (SSSR count). The molecule has 6 heteroatoms. The second kappa shape index (κ2) is 6.93. The molecule has 3 nitrogen and oxygen atoms in total. The van der Waals surface area contributed by atoms with Crippen LogP contribution >= 0.6 is 22.9 Å². The van der Waals surface area contributed by atoms with E-state index >= 15 is 0 Å². The van der Waals surface area contributed by atoms with Gasteiger partial charge in [-0.15, -0.1) is 11.3 Å². The number of hydrogen-bond acceptors (Lipinski definition) is 4. The van der Waals surface area contributed by atoms with Gasteiger partial charge >= 0.3 is 0 Å². The van der Waals surface area contributed by atoms with Gasteiger partial charge in [0.05, 0.1) is 10.6 Å². The second-order valence-corrected chi connectivity index (χ2v) is 9.33. The largest absolute Gasteiger partial charge is 0.295 e. The minimum atomic E-state index is -3.27. The van der Waals surface area contributed by atoms with Crippen molar-refractivity contribution in [2.45, 2.75) is 30.7 Å². The van der Waals surface area contributed by atoms with Crippen molar-refractivity contribution in [1.82, 2.24) is 4.90 Å². The molecule has 0 aliphatic carbocycles. The summed E-state index contributed by atoms with van der Waals surface area (Å²) >= 11 is 7.64. The molecule has 1 aliphatic heterocycles. The number of thiophene rings is 1. The van der Waals surface area contributed by atoms with Crippen LogP contribution in [0.1, 0.15) is 29.8 Å². The molecule has 1 aliphatic rings. The summed E-state index contributed by atoms with van der Waals surface area (Å²) in [6.45, 7) is 3.67.